The molecule has 0 heterocycles. The van der Waals surface area contributed by atoms with Crippen LogP contribution in [0.1, 0.15) is 50.9 Å². The Balaban J connectivity index is 0.000000210. The fourth-order valence-electron chi connectivity index (χ4n) is 5.13. The molecule has 2 aliphatic carbocycles. The molecule has 0 radical (unpaired) electrons. The van der Waals surface area contributed by atoms with Gasteiger partial charge in [0.05, 0.1) is 0 Å². The molecule has 0 unspecified atom stereocenters. The van der Waals surface area contributed by atoms with E-state index in [2.05, 4.69) is 124 Å². The van der Waals surface area contributed by atoms with Crippen LogP contribution in [0.5, 0.6) is 0 Å². The Morgan fingerprint density at radius 2 is 1.35 bits per heavy atom. The van der Waals surface area contributed by atoms with Crippen molar-refractivity contribution in [1.29, 1.82) is 0 Å². The molecule has 0 amide bonds. The number of aryl methyl sites for hydroxylation is 1. The second-order valence-electron chi connectivity index (χ2n) is 9.32. The van der Waals surface area contributed by atoms with Gasteiger partial charge >= 0.3 is 99.2 Å². The molecule has 2 aliphatic rings. The predicted molar refractivity (Wildman–Crippen MR) is 146 cm³/mol. The molecule has 3 heteroatoms. The van der Waals surface area contributed by atoms with Crippen LogP contribution in [-0.2, 0) is 30.7 Å². The molecule has 0 saturated carbocycles. The maximum absolute atomic E-state index is 3.74. The van der Waals surface area contributed by atoms with E-state index < -0.39 is 0 Å². The van der Waals surface area contributed by atoms with Crippen molar-refractivity contribution in [3.05, 3.63) is 148 Å². The molecule has 37 heavy (non-hydrogen) atoms. The van der Waals surface area contributed by atoms with Crippen LogP contribution in [0.2, 0.25) is 0 Å². The van der Waals surface area contributed by atoms with Gasteiger partial charge in [-0.3, -0.25) is 0 Å². The van der Waals surface area contributed by atoms with Crippen molar-refractivity contribution in [3.63, 3.8) is 0 Å². The quantitative estimate of drug-likeness (QED) is 0.279. The van der Waals surface area contributed by atoms with Gasteiger partial charge < -0.3 is 24.8 Å². The van der Waals surface area contributed by atoms with E-state index in [-0.39, 0.29) is 24.8 Å². The summed E-state index contributed by atoms with van der Waals surface area (Å²) < 4.78 is 1.42. The number of allylic oxidation sites excluding steroid dienone is 4. The Bertz CT molecular complexity index is 1420. The van der Waals surface area contributed by atoms with Crippen LogP contribution in [-0.4, -0.2) is 3.21 Å². The molecule has 6 rings (SSSR count). The molecule has 4 aromatic rings. The molecule has 0 fully saturated rings. The maximum atomic E-state index is 3.74. The Morgan fingerprint density at radius 1 is 0.730 bits per heavy atom. The van der Waals surface area contributed by atoms with Crippen LogP contribution >= 0.6 is 0 Å². The first-order chi connectivity index (χ1) is 17.0. The average Bonchev–Trinajstić information content (AvgIpc) is 3.56. The van der Waals surface area contributed by atoms with E-state index in [1.807, 2.05) is 0 Å². The fraction of sp³-hybridized carbons (Fsp3) is 0.147. The summed E-state index contributed by atoms with van der Waals surface area (Å²) in [6.45, 7) is 6.74. The van der Waals surface area contributed by atoms with Crippen LogP contribution in [0.3, 0.4) is 0 Å². The third-order valence-electron chi connectivity index (χ3n) is 7.08. The van der Waals surface area contributed by atoms with E-state index >= 15 is 0 Å². The molecule has 0 saturated heterocycles. The monoisotopic (exact) mass is 597 g/mol. The van der Waals surface area contributed by atoms with Crippen LogP contribution in [0.25, 0.3) is 16.7 Å². The van der Waals surface area contributed by atoms with Crippen molar-refractivity contribution >= 4 is 8.78 Å². The van der Waals surface area contributed by atoms with Gasteiger partial charge in [-0.05, 0) is 25.3 Å². The first-order valence-electron chi connectivity index (χ1n) is 12.2. The number of benzene rings is 4. The Hall–Kier alpha value is -2.31. The first kappa shape index (κ1) is 29.3. The summed E-state index contributed by atoms with van der Waals surface area (Å²) in [5, 5.41) is 0. The van der Waals surface area contributed by atoms with Crippen molar-refractivity contribution in [3.8, 4) is 11.1 Å². The van der Waals surface area contributed by atoms with Gasteiger partial charge in [0, 0.05) is 0 Å². The third kappa shape index (κ3) is 6.07. The number of hydrogen-bond donors (Lipinski definition) is 0. The van der Waals surface area contributed by atoms with Crippen LogP contribution in [0.4, 0.5) is 0 Å². The molecule has 0 aliphatic heterocycles. The van der Waals surface area contributed by atoms with Gasteiger partial charge in [-0.2, -0.15) is 0 Å². The standard InChI is InChI=1S/C21H19.C13H10.2ClH.Zr/c1-13-7-6-10-17-11-18-12-19(16-8-4-5-9-16)14(2)15(3)21(18)20(13)17;1-3-7-12(8-4-1)11-13-9-5-2-6-10-13;;;/h4-8,10H,9,11H2,1-3H3;1-10H;2*1H;/q-1;;;;+2/p-2. The summed E-state index contributed by atoms with van der Waals surface area (Å²) in [5.74, 6) is 0. The SMILES string of the molecule is Cc1cccc2c1-c1c([c-]c(C3=CC=CC3)c(C)c1C)C2.[Cl-].[Cl-].[Zr+2]=[C](c1ccccc1)c1ccccc1. The van der Waals surface area contributed by atoms with E-state index in [0.717, 1.165) is 12.8 Å². The normalized spacial score (nSPS) is 12.3. The van der Waals surface area contributed by atoms with Crippen LogP contribution < -0.4 is 24.8 Å². The van der Waals surface area contributed by atoms with Crippen molar-refractivity contribution in [2.75, 3.05) is 0 Å². The van der Waals surface area contributed by atoms with Gasteiger partial charge in [-0.15, -0.1) is 40.0 Å². The Morgan fingerprint density at radius 3 is 1.92 bits per heavy atom. The van der Waals surface area contributed by atoms with Crippen molar-refractivity contribution in [2.45, 2.75) is 33.6 Å². The fourth-order valence-corrected chi connectivity index (χ4v) is 5.95. The summed E-state index contributed by atoms with van der Waals surface area (Å²) in [7, 11) is 0. The Labute approximate surface area is 248 Å². The number of hydrogen-bond acceptors (Lipinski definition) is 0. The van der Waals surface area contributed by atoms with Crippen molar-refractivity contribution in [2.24, 2.45) is 0 Å². The van der Waals surface area contributed by atoms with Crippen molar-refractivity contribution < 1.29 is 49.0 Å². The molecule has 0 spiro atoms. The van der Waals surface area contributed by atoms with E-state index in [9.17, 15) is 0 Å². The minimum absolute atomic E-state index is 0. The predicted octanol–water partition coefficient (Wildman–Crippen LogP) is 2.14. The summed E-state index contributed by atoms with van der Waals surface area (Å²) in [4.78, 5) is 0. The zero-order valence-corrected chi connectivity index (χ0v) is 25.4. The second kappa shape index (κ2) is 13.0. The van der Waals surface area contributed by atoms with Gasteiger partial charge in [0.2, 0.25) is 0 Å². The average molecular weight is 600 g/mol. The molecular formula is C34H29Cl2Zr-. The molecule has 0 nitrogen and oxygen atoms in total. The summed E-state index contributed by atoms with van der Waals surface area (Å²) >= 11 is 1.46. The molecule has 184 valence electrons. The van der Waals surface area contributed by atoms with Gasteiger partial charge in [0.15, 0.2) is 0 Å². The van der Waals surface area contributed by atoms with Crippen LogP contribution in [0, 0.1) is 26.8 Å². The minimum atomic E-state index is 0. The van der Waals surface area contributed by atoms with E-state index in [1.54, 1.807) is 0 Å². The van der Waals surface area contributed by atoms with Gasteiger partial charge in [-0.25, -0.2) is 0 Å². The molecule has 0 atom stereocenters. The van der Waals surface area contributed by atoms with Gasteiger partial charge in [0.25, 0.3) is 0 Å². The topological polar surface area (TPSA) is 0 Å². The summed E-state index contributed by atoms with van der Waals surface area (Å²) in [6.07, 6.45) is 8.69. The summed E-state index contributed by atoms with van der Waals surface area (Å²) in [6, 6.07) is 31.5. The molecule has 4 aromatic carbocycles. The summed E-state index contributed by atoms with van der Waals surface area (Å²) in [5.41, 5.74) is 15.3. The first-order valence-corrected chi connectivity index (χ1v) is 13.5. The molecule has 0 aromatic heterocycles. The zero-order valence-electron chi connectivity index (χ0n) is 21.4. The Kier molecular flexibility index (Phi) is 10.3. The molecule has 0 bridgehead atoms. The van der Waals surface area contributed by atoms with Gasteiger partial charge in [-0.1, -0.05) is 60.9 Å². The number of rotatable bonds is 3. The van der Waals surface area contributed by atoms with Crippen molar-refractivity contribution in [1.82, 2.24) is 0 Å². The zero-order chi connectivity index (χ0) is 24.4. The van der Waals surface area contributed by atoms with Gasteiger partial charge in [0.1, 0.15) is 0 Å². The van der Waals surface area contributed by atoms with E-state index in [0.29, 0.717) is 0 Å². The van der Waals surface area contributed by atoms with E-state index in [1.165, 1.54) is 88.6 Å². The molecular weight excluding hydrogens is 571 g/mol. The molecule has 0 N–H and O–H groups in total. The van der Waals surface area contributed by atoms with Crippen LogP contribution in [0.15, 0.2) is 97.1 Å². The number of fused-ring (bicyclic) bond motifs is 3. The number of halogens is 2. The third-order valence-corrected chi connectivity index (χ3v) is 8.50. The second-order valence-corrected chi connectivity index (χ2v) is 10.5. The van der Waals surface area contributed by atoms with E-state index in [4.69, 9.17) is 0 Å².